The lowest BCUT2D eigenvalue weighted by molar-refractivity contribution is -0.149. The highest BCUT2D eigenvalue weighted by Crippen LogP contribution is 2.14. The SMILES string of the molecule is N#Cc1ccc(OCC(=O)OCC(=O)Nc2cccc(S(N)(=O)=O)c2)cc1. The van der Waals surface area contributed by atoms with Gasteiger partial charge in [0, 0.05) is 5.69 Å². The van der Waals surface area contributed by atoms with Gasteiger partial charge < -0.3 is 14.8 Å². The fourth-order valence-electron chi connectivity index (χ4n) is 1.90. The van der Waals surface area contributed by atoms with Crippen LogP contribution in [0.5, 0.6) is 5.75 Å². The van der Waals surface area contributed by atoms with Crippen molar-refractivity contribution < 1.29 is 27.5 Å². The van der Waals surface area contributed by atoms with Crippen LogP contribution in [0.15, 0.2) is 53.4 Å². The number of carbonyl (C=O) groups is 2. The molecule has 140 valence electrons. The molecule has 0 radical (unpaired) electrons. The van der Waals surface area contributed by atoms with E-state index >= 15 is 0 Å². The normalized spacial score (nSPS) is 10.5. The molecule has 0 aromatic heterocycles. The summed E-state index contributed by atoms with van der Waals surface area (Å²) in [4.78, 5) is 23.2. The van der Waals surface area contributed by atoms with Crippen molar-refractivity contribution in [2.75, 3.05) is 18.5 Å². The minimum atomic E-state index is -3.90. The van der Waals surface area contributed by atoms with Crippen molar-refractivity contribution in [1.82, 2.24) is 0 Å². The van der Waals surface area contributed by atoms with Crippen LogP contribution in [0.25, 0.3) is 0 Å². The zero-order valence-electron chi connectivity index (χ0n) is 13.9. The summed E-state index contributed by atoms with van der Waals surface area (Å²) >= 11 is 0. The quantitative estimate of drug-likeness (QED) is 0.664. The van der Waals surface area contributed by atoms with E-state index in [1.54, 1.807) is 0 Å². The molecular formula is C17H15N3O6S. The molecule has 2 aromatic carbocycles. The molecule has 3 N–H and O–H groups in total. The van der Waals surface area contributed by atoms with Crippen LogP contribution < -0.4 is 15.2 Å². The highest BCUT2D eigenvalue weighted by molar-refractivity contribution is 7.89. The maximum atomic E-state index is 11.8. The van der Waals surface area contributed by atoms with Gasteiger partial charge in [0.1, 0.15) is 5.75 Å². The van der Waals surface area contributed by atoms with Gasteiger partial charge in [0.05, 0.1) is 16.5 Å². The number of rotatable bonds is 7. The molecule has 0 aliphatic heterocycles. The second kappa shape index (κ2) is 8.79. The van der Waals surface area contributed by atoms with Crippen molar-refractivity contribution in [3.8, 4) is 11.8 Å². The number of anilines is 1. The van der Waals surface area contributed by atoms with Crippen LogP contribution in [0.1, 0.15) is 5.56 Å². The first-order chi connectivity index (χ1) is 12.8. The lowest BCUT2D eigenvalue weighted by Gasteiger charge is -2.08. The number of nitrogens with one attached hydrogen (secondary N) is 1. The molecule has 0 spiro atoms. The van der Waals surface area contributed by atoms with E-state index in [-0.39, 0.29) is 10.6 Å². The number of esters is 1. The van der Waals surface area contributed by atoms with Gasteiger partial charge in [-0.2, -0.15) is 5.26 Å². The summed E-state index contributed by atoms with van der Waals surface area (Å²) < 4.78 is 32.5. The number of sulfonamides is 1. The summed E-state index contributed by atoms with van der Waals surface area (Å²) in [6, 6.07) is 13.4. The van der Waals surface area contributed by atoms with Crippen molar-refractivity contribution in [2.45, 2.75) is 4.90 Å². The van der Waals surface area contributed by atoms with E-state index in [9.17, 15) is 18.0 Å². The molecule has 10 heteroatoms. The molecule has 1 amide bonds. The fraction of sp³-hybridized carbons (Fsp3) is 0.118. The first kappa shape index (κ1) is 19.9. The number of benzene rings is 2. The highest BCUT2D eigenvalue weighted by atomic mass is 32.2. The lowest BCUT2D eigenvalue weighted by Crippen LogP contribution is -2.23. The number of nitriles is 1. The first-order valence-electron chi connectivity index (χ1n) is 7.49. The van der Waals surface area contributed by atoms with Crippen LogP contribution in [-0.4, -0.2) is 33.5 Å². The largest absolute Gasteiger partial charge is 0.482 e. The van der Waals surface area contributed by atoms with Crippen LogP contribution in [-0.2, 0) is 24.3 Å². The van der Waals surface area contributed by atoms with Crippen molar-refractivity contribution >= 4 is 27.6 Å². The monoisotopic (exact) mass is 389 g/mol. The Hall–Kier alpha value is -3.42. The minimum Gasteiger partial charge on any atom is -0.482 e. The number of ether oxygens (including phenoxy) is 2. The van der Waals surface area contributed by atoms with E-state index in [1.807, 2.05) is 6.07 Å². The molecule has 0 aliphatic carbocycles. The van der Waals surface area contributed by atoms with Gasteiger partial charge in [-0.1, -0.05) is 6.07 Å². The van der Waals surface area contributed by atoms with E-state index in [4.69, 9.17) is 19.9 Å². The number of nitrogens with zero attached hydrogens (tertiary/aromatic N) is 1. The number of hydrogen-bond acceptors (Lipinski definition) is 7. The van der Waals surface area contributed by atoms with Crippen molar-refractivity contribution in [1.29, 1.82) is 5.26 Å². The Balaban J connectivity index is 1.79. The van der Waals surface area contributed by atoms with Gasteiger partial charge in [0.2, 0.25) is 10.0 Å². The van der Waals surface area contributed by atoms with Gasteiger partial charge in [0.15, 0.2) is 13.2 Å². The van der Waals surface area contributed by atoms with Gasteiger partial charge in [0.25, 0.3) is 5.91 Å². The number of primary sulfonamides is 1. The van der Waals surface area contributed by atoms with Crippen LogP contribution in [0.4, 0.5) is 5.69 Å². The number of amides is 1. The van der Waals surface area contributed by atoms with E-state index in [0.717, 1.165) is 0 Å². The summed E-state index contributed by atoms with van der Waals surface area (Å²) in [5.41, 5.74) is 0.643. The predicted octanol–water partition coefficient (Wildman–Crippen LogP) is 0.766. The molecule has 27 heavy (non-hydrogen) atoms. The topological polar surface area (TPSA) is 149 Å². The lowest BCUT2D eigenvalue weighted by atomic mass is 10.2. The maximum absolute atomic E-state index is 11.8. The Morgan fingerprint density at radius 3 is 2.44 bits per heavy atom. The molecule has 0 saturated heterocycles. The average Bonchev–Trinajstić information content (AvgIpc) is 2.64. The molecule has 0 bridgehead atoms. The van der Waals surface area contributed by atoms with Crippen molar-refractivity contribution in [3.63, 3.8) is 0 Å². The molecule has 0 aliphatic rings. The second-order valence-electron chi connectivity index (χ2n) is 5.21. The van der Waals surface area contributed by atoms with Crippen LogP contribution in [0, 0.1) is 11.3 Å². The van der Waals surface area contributed by atoms with Gasteiger partial charge in [-0.05, 0) is 42.5 Å². The highest BCUT2D eigenvalue weighted by Gasteiger charge is 2.11. The summed E-state index contributed by atoms with van der Waals surface area (Å²) in [5.74, 6) is -1.06. The zero-order chi connectivity index (χ0) is 19.9. The van der Waals surface area contributed by atoms with E-state index in [2.05, 4.69) is 5.32 Å². The first-order valence-corrected chi connectivity index (χ1v) is 9.04. The van der Waals surface area contributed by atoms with E-state index < -0.39 is 35.1 Å². The maximum Gasteiger partial charge on any atom is 0.344 e. The molecule has 0 fully saturated rings. The Kier molecular flexibility index (Phi) is 6.48. The van der Waals surface area contributed by atoms with E-state index in [1.165, 1.54) is 48.5 Å². The Morgan fingerprint density at radius 1 is 1.11 bits per heavy atom. The number of nitrogens with two attached hydrogens (primary N) is 1. The van der Waals surface area contributed by atoms with Gasteiger partial charge in [-0.25, -0.2) is 18.4 Å². The summed E-state index contributed by atoms with van der Waals surface area (Å²) in [7, 11) is -3.90. The second-order valence-corrected chi connectivity index (χ2v) is 6.77. The predicted molar refractivity (Wildman–Crippen MR) is 94.1 cm³/mol. The third-order valence-electron chi connectivity index (χ3n) is 3.15. The van der Waals surface area contributed by atoms with E-state index in [0.29, 0.717) is 11.3 Å². The van der Waals surface area contributed by atoms with Crippen LogP contribution in [0.2, 0.25) is 0 Å². The Bertz CT molecular complexity index is 980. The fourth-order valence-corrected chi connectivity index (χ4v) is 2.46. The molecule has 0 unspecified atom stereocenters. The Morgan fingerprint density at radius 2 is 1.81 bits per heavy atom. The smallest absolute Gasteiger partial charge is 0.344 e. The van der Waals surface area contributed by atoms with Crippen molar-refractivity contribution in [2.24, 2.45) is 5.14 Å². The third kappa shape index (κ3) is 6.43. The van der Waals surface area contributed by atoms with Gasteiger partial charge in [-0.3, -0.25) is 4.79 Å². The molecule has 2 aromatic rings. The Labute approximate surface area is 155 Å². The average molecular weight is 389 g/mol. The summed E-state index contributed by atoms with van der Waals surface area (Å²) in [6.45, 7) is -0.991. The molecule has 2 rings (SSSR count). The summed E-state index contributed by atoms with van der Waals surface area (Å²) in [5, 5.41) is 16.1. The molecule has 0 atom stereocenters. The summed E-state index contributed by atoms with van der Waals surface area (Å²) in [6.07, 6.45) is 0. The molecule has 0 saturated carbocycles. The zero-order valence-corrected chi connectivity index (χ0v) is 14.7. The van der Waals surface area contributed by atoms with Gasteiger partial charge in [-0.15, -0.1) is 0 Å². The number of carbonyl (C=O) groups excluding carboxylic acids is 2. The standard InChI is InChI=1S/C17H15N3O6S/c18-9-12-4-6-14(7-5-12)25-11-17(22)26-10-16(21)20-13-2-1-3-15(8-13)27(19,23)24/h1-8H,10-11H2,(H,20,21)(H2,19,23,24). The third-order valence-corrected chi connectivity index (χ3v) is 4.06. The van der Waals surface area contributed by atoms with Crippen LogP contribution in [0.3, 0.4) is 0 Å². The van der Waals surface area contributed by atoms with Crippen LogP contribution >= 0.6 is 0 Å². The number of hydrogen-bond donors (Lipinski definition) is 2. The molecular weight excluding hydrogens is 374 g/mol. The minimum absolute atomic E-state index is 0.159. The molecule has 9 nitrogen and oxygen atoms in total. The van der Waals surface area contributed by atoms with Gasteiger partial charge >= 0.3 is 5.97 Å². The van der Waals surface area contributed by atoms with Crippen molar-refractivity contribution in [3.05, 3.63) is 54.1 Å². The molecule has 0 heterocycles.